The molecule has 0 aliphatic rings. The molecule has 0 spiro atoms. The molecule has 116 valence electrons. The lowest BCUT2D eigenvalue weighted by Crippen LogP contribution is -2.43. The Labute approximate surface area is 132 Å². The Bertz CT molecular complexity index is 511. The van der Waals surface area contributed by atoms with Gasteiger partial charge < -0.3 is 15.2 Å². The molecule has 1 amide bonds. The van der Waals surface area contributed by atoms with Crippen LogP contribution in [0.3, 0.4) is 0 Å². The molecule has 6 heteroatoms. The van der Waals surface area contributed by atoms with E-state index in [1.54, 1.807) is 20.8 Å². The van der Waals surface area contributed by atoms with Crippen LogP contribution in [0.4, 0.5) is 4.79 Å². The number of aliphatic carboxylic acids is 1. The van der Waals surface area contributed by atoms with Gasteiger partial charge in [0.25, 0.3) is 0 Å². The van der Waals surface area contributed by atoms with E-state index in [4.69, 9.17) is 4.74 Å². The molecule has 0 radical (unpaired) electrons. The van der Waals surface area contributed by atoms with Crippen molar-refractivity contribution >= 4 is 28.0 Å². The lowest BCUT2D eigenvalue weighted by Gasteiger charge is -2.22. The zero-order valence-electron chi connectivity index (χ0n) is 12.4. The molecule has 0 aliphatic heterocycles. The fourth-order valence-electron chi connectivity index (χ4n) is 1.71. The molecule has 1 aromatic rings. The van der Waals surface area contributed by atoms with Crippen LogP contribution in [0.5, 0.6) is 0 Å². The molecule has 0 aliphatic carbocycles. The first-order valence-electron chi connectivity index (χ1n) is 6.65. The van der Waals surface area contributed by atoms with Crippen LogP contribution in [0.15, 0.2) is 28.7 Å². The normalized spacial score (nSPS) is 12.6. The van der Waals surface area contributed by atoms with Crippen LogP contribution >= 0.6 is 15.9 Å². The Morgan fingerprint density at radius 2 is 1.95 bits per heavy atom. The van der Waals surface area contributed by atoms with Crippen LogP contribution in [0.2, 0.25) is 0 Å². The van der Waals surface area contributed by atoms with Gasteiger partial charge in [0, 0.05) is 4.47 Å². The fourth-order valence-corrected chi connectivity index (χ4v) is 2.19. The maximum Gasteiger partial charge on any atom is 0.408 e. The summed E-state index contributed by atoms with van der Waals surface area (Å²) in [6.45, 7) is 5.18. The highest BCUT2D eigenvalue weighted by atomic mass is 79.9. The number of aryl methyl sites for hydroxylation is 1. The summed E-state index contributed by atoms with van der Waals surface area (Å²) in [5, 5.41) is 11.6. The summed E-state index contributed by atoms with van der Waals surface area (Å²) in [6.07, 6.45) is 0.104. The Kier molecular flexibility index (Phi) is 6.20. The number of halogens is 1. The van der Waals surface area contributed by atoms with E-state index in [1.165, 1.54) is 0 Å². The predicted molar refractivity (Wildman–Crippen MR) is 83.3 cm³/mol. The molecule has 0 heterocycles. The summed E-state index contributed by atoms with van der Waals surface area (Å²) in [6, 6.07) is 6.60. The lowest BCUT2D eigenvalue weighted by atomic mass is 10.1. The first-order valence-corrected chi connectivity index (χ1v) is 7.44. The number of hydrogen-bond donors (Lipinski definition) is 2. The van der Waals surface area contributed by atoms with Crippen molar-refractivity contribution in [2.24, 2.45) is 0 Å². The van der Waals surface area contributed by atoms with Gasteiger partial charge in [-0.1, -0.05) is 34.1 Å². The van der Waals surface area contributed by atoms with Crippen molar-refractivity contribution in [3.63, 3.8) is 0 Å². The summed E-state index contributed by atoms with van der Waals surface area (Å²) in [5.41, 5.74) is 0.338. The largest absolute Gasteiger partial charge is 0.480 e. The van der Waals surface area contributed by atoms with Crippen LogP contribution < -0.4 is 5.32 Å². The molecular formula is C15H20BrNO4. The Morgan fingerprint density at radius 3 is 2.48 bits per heavy atom. The van der Waals surface area contributed by atoms with Gasteiger partial charge in [0.05, 0.1) is 0 Å². The van der Waals surface area contributed by atoms with Crippen LogP contribution in [0.25, 0.3) is 0 Å². The van der Waals surface area contributed by atoms with Crippen molar-refractivity contribution in [2.75, 3.05) is 0 Å². The van der Waals surface area contributed by atoms with Crippen molar-refractivity contribution in [1.29, 1.82) is 0 Å². The van der Waals surface area contributed by atoms with Gasteiger partial charge >= 0.3 is 12.1 Å². The number of alkyl carbamates (subject to hydrolysis) is 1. The Morgan fingerprint density at radius 1 is 1.33 bits per heavy atom. The third-order valence-corrected chi connectivity index (χ3v) is 3.42. The second-order valence-corrected chi connectivity index (χ2v) is 6.52. The van der Waals surface area contributed by atoms with Crippen molar-refractivity contribution in [3.8, 4) is 0 Å². The molecule has 2 N–H and O–H groups in total. The zero-order chi connectivity index (χ0) is 16.0. The number of nitrogens with one attached hydrogen (secondary N) is 1. The van der Waals surface area contributed by atoms with E-state index in [0.717, 1.165) is 10.0 Å². The summed E-state index contributed by atoms with van der Waals surface area (Å²) >= 11 is 3.41. The van der Waals surface area contributed by atoms with Gasteiger partial charge in [-0.3, -0.25) is 0 Å². The van der Waals surface area contributed by atoms with Crippen LogP contribution in [0, 0.1) is 0 Å². The molecule has 1 atom stereocenters. The van der Waals surface area contributed by atoms with E-state index in [-0.39, 0.29) is 6.42 Å². The summed E-state index contributed by atoms with van der Waals surface area (Å²) in [5.74, 6) is -1.08. The molecule has 0 saturated heterocycles. The number of ether oxygens (including phenoxy) is 1. The minimum atomic E-state index is -1.08. The number of hydrogen-bond acceptors (Lipinski definition) is 3. The first kappa shape index (κ1) is 17.5. The third-order valence-electron chi connectivity index (χ3n) is 2.65. The van der Waals surface area contributed by atoms with E-state index < -0.39 is 23.7 Å². The number of benzene rings is 1. The Balaban J connectivity index is 2.61. The van der Waals surface area contributed by atoms with Gasteiger partial charge in [0.1, 0.15) is 11.6 Å². The van der Waals surface area contributed by atoms with Gasteiger partial charge in [-0.05, 0) is 45.2 Å². The standard InChI is InChI=1S/C15H20BrNO4/c1-15(2,3)21-14(20)17-12(13(18)19)9-8-10-6-4-5-7-11(10)16/h4-7,12H,8-9H2,1-3H3,(H,17,20)(H,18,19)/t12-/m1/s1. The number of rotatable bonds is 5. The topological polar surface area (TPSA) is 75.6 Å². The molecule has 0 aromatic heterocycles. The predicted octanol–water partition coefficient (Wildman–Crippen LogP) is 3.36. The third kappa shape index (κ3) is 6.62. The van der Waals surface area contributed by atoms with Crippen molar-refractivity contribution in [2.45, 2.75) is 45.3 Å². The molecule has 0 bridgehead atoms. The molecule has 1 aromatic carbocycles. The van der Waals surface area contributed by atoms with Gasteiger partial charge in [-0.15, -0.1) is 0 Å². The minimum Gasteiger partial charge on any atom is -0.480 e. The lowest BCUT2D eigenvalue weighted by molar-refractivity contribution is -0.139. The maximum absolute atomic E-state index is 11.6. The summed E-state index contributed by atoms with van der Waals surface area (Å²) < 4.78 is 5.99. The highest BCUT2D eigenvalue weighted by Gasteiger charge is 2.23. The second-order valence-electron chi connectivity index (χ2n) is 5.67. The van der Waals surface area contributed by atoms with Crippen LogP contribution in [-0.2, 0) is 16.0 Å². The van der Waals surface area contributed by atoms with Gasteiger partial charge in [-0.2, -0.15) is 0 Å². The van der Waals surface area contributed by atoms with Gasteiger partial charge in [0.2, 0.25) is 0 Å². The van der Waals surface area contributed by atoms with Gasteiger partial charge in [0.15, 0.2) is 0 Å². The van der Waals surface area contributed by atoms with Crippen molar-refractivity contribution < 1.29 is 19.4 Å². The summed E-state index contributed by atoms with van der Waals surface area (Å²) in [7, 11) is 0. The molecule has 5 nitrogen and oxygen atoms in total. The Hall–Kier alpha value is -1.56. The average molecular weight is 358 g/mol. The smallest absolute Gasteiger partial charge is 0.408 e. The summed E-state index contributed by atoms with van der Waals surface area (Å²) in [4.78, 5) is 22.9. The minimum absolute atomic E-state index is 0.289. The molecular weight excluding hydrogens is 338 g/mol. The molecule has 0 saturated carbocycles. The van der Waals surface area contributed by atoms with E-state index in [0.29, 0.717) is 6.42 Å². The van der Waals surface area contributed by atoms with Gasteiger partial charge in [-0.25, -0.2) is 9.59 Å². The van der Waals surface area contributed by atoms with E-state index in [2.05, 4.69) is 21.2 Å². The highest BCUT2D eigenvalue weighted by molar-refractivity contribution is 9.10. The van der Waals surface area contributed by atoms with Crippen molar-refractivity contribution in [1.82, 2.24) is 5.32 Å². The second kappa shape index (κ2) is 7.45. The number of amides is 1. The van der Waals surface area contributed by atoms with Crippen LogP contribution in [-0.4, -0.2) is 28.8 Å². The van der Waals surface area contributed by atoms with E-state index in [1.807, 2.05) is 24.3 Å². The number of carbonyl (C=O) groups excluding carboxylic acids is 1. The SMILES string of the molecule is CC(C)(C)OC(=O)N[C@H](CCc1ccccc1Br)C(=O)O. The quantitative estimate of drug-likeness (QED) is 0.846. The molecule has 0 fully saturated rings. The highest BCUT2D eigenvalue weighted by Crippen LogP contribution is 2.18. The van der Waals surface area contributed by atoms with Crippen LogP contribution in [0.1, 0.15) is 32.8 Å². The maximum atomic E-state index is 11.6. The average Bonchev–Trinajstić information content (AvgIpc) is 2.33. The fraction of sp³-hybridized carbons (Fsp3) is 0.467. The monoisotopic (exact) mass is 357 g/mol. The van der Waals surface area contributed by atoms with E-state index >= 15 is 0 Å². The molecule has 21 heavy (non-hydrogen) atoms. The van der Waals surface area contributed by atoms with E-state index in [9.17, 15) is 14.7 Å². The first-order chi connectivity index (χ1) is 9.69. The molecule has 1 rings (SSSR count). The number of carboxylic acid groups (broad SMARTS) is 1. The zero-order valence-corrected chi connectivity index (χ0v) is 13.9. The van der Waals surface area contributed by atoms with Crippen molar-refractivity contribution in [3.05, 3.63) is 34.3 Å². The molecule has 0 unspecified atom stereocenters. The number of carboxylic acids is 1. The number of carbonyl (C=O) groups is 2.